The first-order valence-corrected chi connectivity index (χ1v) is 10.8. The van der Waals surface area contributed by atoms with Crippen molar-refractivity contribution in [2.45, 2.75) is 85.3 Å². The van der Waals surface area contributed by atoms with Crippen LogP contribution in [0, 0.1) is 6.92 Å². The molecular formula is C24H33NO6. The molecule has 1 aromatic heterocycles. The second-order valence-electron chi connectivity index (χ2n) is 8.74. The largest absolute Gasteiger partial charge is 0.444 e. The molecule has 1 unspecified atom stereocenters. The Morgan fingerprint density at radius 1 is 1.13 bits per heavy atom. The van der Waals surface area contributed by atoms with E-state index in [1.54, 1.807) is 32.9 Å². The summed E-state index contributed by atoms with van der Waals surface area (Å²) in [6.45, 7) is 11.1. The number of hydrogen-bond donors (Lipinski definition) is 1. The van der Waals surface area contributed by atoms with Gasteiger partial charge in [0.25, 0.3) is 0 Å². The van der Waals surface area contributed by atoms with Crippen LogP contribution in [0.1, 0.15) is 71.4 Å². The fourth-order valence-electron chi connectivity index (χ4n) is 3.28. The Kier molecular flexibility index (Phi) is 8.25. The fourth-order valence-corrected chi connectivity index (χ4v) is 3.28. The van der Waals surface area contributed by atoms with Gasteiger partial charge in [0.1, 0.15) is 23.0 Å². The summed E-state index contributed by atoms with van der Waals surface area (Å²) in [5, 5.41) is 3.22. The van der Waals surface area contributed by atoms with Gasteiger partial charge in [-0.05, 0) is 70.2 Å². The van der Waals surface area contributed by atoms with Gasteiger partial charge in [0.05, 0.1) is 5.39 Å². The van der Waals surface area contributed by atoms with E-state index in [0.29, 0.717) is 36.0 Å². The standard InChI is InChI=1S/C24H33NO6/c1-7-9-11-16-14-20(26)29-18-12-15(3)13-19(21(16)18)30-22(27)17(10-8-2)25-23(28)31-24(4,5)6/h12-14,17H,7-11H2,1-6H3,(H,25,28). The lowest BCUT2D eigenvalue weighted by Crippen LogP contribution is -2.45. The maximum absolute atomic E-state index is 13.0. The third-order valence-corrected chi connectivity index (χ3v) is 4.60. The summed E-state index contributed by atoms with van der Waals surface area (Å²) in [6.07, 6.45) is 2.91. The third-order valence-electron chi connectivity index (χ3n) is 4.60. The van der Waals surface area contributed by atoms with E-state index in [0.717, 1.165) is 24.0 Å². The van der Waals surface area contributed by atoms with Crippen LogP contribution in [-0.4, -0.2) is 23.7 Å². The van der Waals surface area contributed by atoms with Crippen molar-refractivity contribution < 1.29 is 23.5 Å². The Balaban J connectivity index is 2.38. The Hall–Kier alpha value is -2.83. The molecule has 1 N–H and O–H groups in total. The first-order chi connectivity index (χ1) is 14.5. The van der Waals surface area contributed by atoms with E-state index in [2.05, 4.69) is 12.2 Å². The maximum atomic E-state index is 13.0. The van der Waals surface area contributed by atoms with E-state index < -0.39 is 29.3 Å². The first-order valence-electron chi connectivity index (χ1n) is 10.8. The van der Waals surface area contributed by atoms with Gasteiger partial charge in [-0.2, -0.15) is 0 Å². The number of hydrogen-bond acceptors (Lipinski definition) is 6. The number of carbonyl (C=O) groups excluding carboxylic acids is 2. The molecule has 0 aliphatic rings. The molecule has 1 amide bonds. The molecule has 31 heavy (non-hydrogen) atoms. The summed E-state index contributed by atoms with van der Waals surface area (Å²) >= 11 is 0. The zero-order chi connectivity index (χ0) is 23.2. The van der Waals surface area contributed by atoms with Crippen LogP contribution in [0.5, 0.6) is 5.75 Å². The molecule has 1 aromatic carbocycles. The number of aryl methyl sites for hydroxylation is 2. The van der Waals surface area contributed by atoms with Crippen LogP contribution in [0.25, 0.3) is 11.0 Å². The Bertz CT molecular complexity index is 986. The highest BCUT2D eigenvalue weighted by atomic mass is 16.6. The predicted octanol–water partition coefficient (Wildman–Crippen LogP) is 5.04. The van der Waals surface area contributed by atoms with Gasteiger partial charge in [0.2, 0.25) is 0 Å². The molecule has 0 aliphatic heterocycles. The average molecular weight is 432 g/mol. The lowest BCUT2D eigenvalue weighted by Gasteiger charge is -2.23. The van der Waals surface area contributed by atoms with Crippen molar-refractivity contribution in [2.75, 3.05) is 0 Å². The van der Waals surface area contributed by atoms with Gasteiger partial charge in [-0.15, -0.1) is 0 Å². The molecule has 0 spiro atoms. The number of fused-ring (bicyclic) bond motifs is 1. The monoisotopic (exact) mass is 431 g/mol. The Morgan fingerprint density at radius 2 is 1.84 bits per heavy atom. The minimum Gasteiger partial charge on any atom is -0.444 e. The summed E-state index contributed by atoms with van der Waals surface area (Å²) in [4.78, 5) is 37.2. The lowest BCUT2D eigenvalue weighted by atomic mass is 10.0. The Labute approximate surface area is 183 Å². The molecule has 2 aromatic rings. The quantitative estimate of drug-likeness (QED) is 0.357. The second-order valence-corrected chi connectivity index (χ2v) is 8.74. The van der Waals surface area contributed by atoms with E-state index in [4.69, 9.17) is 13.9 Å². The molecule has 0 aliphatic carbocycles. The number of rotatable bonds is 8. The summed E-state index contributed by atoms with van der Waals surface area (Å²) in [5.74, 6) is -0.269. The molecule has 0 bridgehead atoms. The molecule has 1 atom stereocenters. The van der Waals surface area contributed by atoms with Crippen molar-refractivity contribution in [3.8, 4) is 5.75 Å². The number of ether oxygens (including phenoxy) is 2. The van der Waals surface area contributed by atoms with E-state index in [1.165, 1.54) is 6.07 Å². The number of benzene rings is 1. The summed E-state index contributed by atoms with van der Waals surface area (Å²) in [7, 11) is 0. The van der Waals surface area contributed by atoms with Crippen LogP contribution in [0.3, 0.4) is 0 Å². The number of unbranched alkanes of at least 4 members (excludes halogenated alkanes) is 1. The number of esters is 1. The number of amides is 1. The second kappa shape index (κ2) is 10.5. The highest BCUT2D eigenvalue weighted by Gasteiger charge is 2.26. The van der Waals surface area contributed by atoms with Crippen LogP contribution < -0.4 is 15.7 Å². The minimum atomic E-state index is -0.856. The van der Waals surface area contributed by atoms with E-state index in [1.807, 2.05) is 13.8 Å². The molecule has 7 heteroatoms. The highest BCUT2D eigenvalue weighted by Crippen LogP contribution is 2.31. The van der Waals surface area contributed by atoms with Crippen molar-refractivity contribution in [3.63, 3.8) is 0 Å². The van der Waals surface area contributed by atoms with Crippen molar-refractivity contribution in [3.05, 3.63) is 39.7 Å². The first kappa shape index (κ1) is 24.4. The minimum absolute atomic E-state index is 0.321. The van der Waals surface area contributed by atoms with Gasteiger partial charge in [-0.25, -0.2) is 14.4 Å². The van der Waals surface area contributed by atoms with Gasteiger partial charge in [0.15, 0.2) is 0 Å². The number of alkyl carbamates (subject to hydrolysis) is 1. The van der Waals surface area contributed by atoms with Gasteiger partial charge in [-0.3, -0.25) is 0 Å². The molecule has 0 saturated heterocycles. The van der Waals surface area contributed by atoms with Crippen LogP contribution in [0.15, 0.2) is 27.4 Å². The number of carbonyl (C=O) groups is 2. The van der Waals surface area contributed by atoms with Crippen molar-refractivity contribution in [1.82, 2.24) is 5.32 Å². The van der Waals surface area contributed by atoms with Crippen molar-refractivity contribution in [2.24, 2.45) is 0 Å². The SMILES string of the molecule is CCCCc1cc(=O)oc2cc(C)cc(OC(=O)C(CCC)NC(=O)OC(C)(C)C)c12. The molecular weight excluding hydrogens is 398 g/mol. The van der Waals surface area contributed by atoms with E-state index in [-0.39, 0.29) is 0 Å². The van der Waals surface area contributed by atoms with Gasteiger partial charge >= 0.3 is 17.7 Å². The third kappa shape index (κ3) is 7.12. The van der Waals surface area contributed by atoms with E-state index >= 15 is 0 Å². The highest BCUT2D eigenvalue weighted by molar-refractivity contribution is 5.91. The van der Waals surface area contributed by atoms with Crippen molar-refractivity contribution in [1.29, 1.82) is 0 Å². The van der Waals surface area contributed by atoms with E-state index in [9.17, 15) is 14.4 Å². The number of nitrogens with one attached hydrogen (secondary N) is 1. The normalized spacial score (nSPS) is 12.5. The lowest BCUT2D eigenvalue weighted by molar-refractivity contribution is -0.136. The zero-order valence-electron chi connectivity index (χ0n) is 19.3. The predicted molar refractivity (Wildman–Crippen MR) is 120 cm³/mol. The van der Waals surface area contributed by atoms with Gasteiger partial charge in [0, 0.05) is 6.07 Å². The van der Waals surface area contributed by atoms with Crippen LogP contribution in [-0.2, 0) is 16.0 Å². The molecule has 0 fully saturated rings. The maximum Gasteiger partial charge on any atom is 0.408 e. The van der Waals surface area contributed by atoms with Crippen molar-refractivity contribution >= 4 is 23.0 Å². The molecule has 0 radical (unpaired) electrons. The molecule has 2 rings (SSSR count). The van der Waals surface area contributed by atoms with Gasteiger partial charge < -0.3 is 19.2 Å². The Morgan fingerprint density at radius 3 is 2.45 bits per heavy atom. The summed E-state index contributed by atoms with van der Waals surface area (Å²) in [5.41, 5.74) is 0.843. The van der Waals surface area contributed by atoms with Crippen LogP contribution in [0.4, 0.5) is 4.79 Å². The molecule has 0 saturated carbocycles. The van der Waals surface area contributed by atoms with Crippen LogP contribution in [0.2, 0.25) is 0 Å². The molecule has 170 valence electrons. The molecule has 7 nitrogen and oxygen atoms in total. The fraction of sp³-hybridized carbons (Fsp3) is 0.542. The van der Waals surface area contributed by atoms with Gasteiger partial charge in [-0.1, -0.05) is 26.7 Å². The summed E-state index contributed by atoms with van der Waals surface area (Å²) in [6, 6.07) is 4.09. The average Bonchev–Trinajstić information content (AvgIpc) is 2.63. The smallest absolute Gasteiger partial charge is 0.408 e. The topological polar surface area (TPSA) is 94.8 Å². The zero-order valence-corrected chi connectivity index (χ0v) is 19.3. The van der Waals surface area contributed by atoms with Crippen LogP contribution >= 0.6 is 0 Å². The molecule has 1 heterocycles. The summed E-state index contributed by atoms with van der Waals surface area (Å²) < 4.78 is 16.4.